The van der Waals surface area contributed by atoms with Crippen LogP contribution in [-0.2, 0) is 4.74 Å². The molecule has 0 fully saturated rings. The highest BCUT2D eigenvalue weighted by molar-refractivity contribution is 6.30. The van der Waals surface area contributed by atoms with E-state index in [4.69, 9.17) is 11.6 Å². The van der Waals surface area contributed by atoms with Crippen molar-refractivity contribution in [1.82, 2.24) is 9.38 Å². The highest BCUT2D eigenvalue weighted by Gasteiger charge is 2.11. The second-order valence-electron chi connectivity index (χ2n) is 5.23. The molecule has 1 N–H and O–H groups in total. The zero-order valence-electron chi connectivity index (χ0n) is 13.0. The predicted octanol–water partition coefficient (Wildman–Crippen LogP) is 3.34. The number of fused-ring (bicyclic) bond motifs is 1. The number of benzene rings is 1. The second-order valence-corrected chi connectivity index (χ2v) is 5.62. The highest BCUT2D eigenvalue weighted by Crippen LogP contribution is 2.19. The van der Waals surface area contributed by atoms with Gasteiger partial charge in [-0.25, -0.2) is 9.78 Å². The molecule has 122 valence electrons. The Labute approximate surface area is 143 Å². The van der Waals surface area contributed by atoms with Crippen LogP contribution in [0, 0.1) is 6.92 Å². The Hall–Kier alpha value is -2.86. The summed E-state index contributed by atoms with van der Waals surface area (Å²) < 4.78 is 6.36. The molecule has 7 heteroatoms. The first-order valence-corrected chi connectivity index (χ1v) is 7.50. The van der Waals surface area contributed by atoms with Gasteiger partial charge < -0.3 is 10.1 Å². The number of carbonyl (C=O) groups excluding carboxylic acids is 2. The lowest BCUT2D eigenvalue weighted by atomic mass is 10.1. The summed E-state index contributed by atoms with van der Waals surface area (Å²) in [6.45, 7) is 1.94. The monoisotopic (exact) mass is 343 g/mol. The lowest BCUT2D eigenvalue weighted by Gasteiger charge is -2.07. The highest BCUT2D eigenvalue weighted by atomic mass is 35.5. The van der Waals surface area contributed by atoms with Gasteiger partial charge in [0.2, 0.25) is 0 Å². The van der Waals surface area contributed by atoms with Crippen LogP contribution in [0.5, 0.6) is 0 Å². The van der Waals surface area contributed by atoms with Gasteiger partial charge in [-0.3, -0.25) is 9.20 Å². The van der Waals surface area contributed by atoms with Crippen molar-refractivity contribution in [3.05, 3.63) is 64.4 Å². The van der Waals surface area contributed by atoms with Gasteiger partial charge in [0.1, 0.15) is 16.6 Å². The van der Waals surface area contributed by atoms with E-state index < -0.39 is 5.97 Å². The number of nitrogens with zero attached hydrogens (tertiary/aromatic N) is 2. The van der Waals surface area contributed by atoms with Gasteiger partial charge in [0.25, 0.3) is 5.91 Å². The molecule has 0 bridgehead atoms. The summed E-state index contributed by atoms with van der Waals surface area (Å²) >= 11 is 6.20. The molecule has 0 aliphatic carbocycles. The second kappa shape index (κ2) is 6.33. The number of esters is 1. The van der Waals surface area contributed by atoms with Crippen molar-refractivity contribution in [2.75, 3.05) is 12.4 Å². The van der Waals surface area contributed by atoms with E-state index in [2.05, 4.69) is 15.0 Å². The molecule has 0 saturated carbocycles. The number of ether oxygens (including phenoxy) is 1. The molecule has 3 aromatic rings. The normalized spacial score (nSPS) is 10.6. The summed E-state index contributed by atoms with van der Waals surface area (Å²) in [7, 11) is 1.30. The fourth-order valence-electron chi connectivity index (χ4n) is 2.30. The average molecular weight is 344 g/mol. The molecule has 1 aromatic carbocycles. The lowest BCUT2D eigenvalue weighted by Crippen LogP contribution is -2.13. The molecular formula is C17H14ClN3O3. The van der Waals surface area contributed by atoms with Crippen LogP contribution < -0.4 is 5.32 Å². The largest absolute Gasteiger partial charge is 0.465 e. The molecule has 2 heterocycles. The van der Waals surface area contributed by atoms with Crippen LogP contribution in [0.4, 0.5) is 5.82 Å². The fourth-order valence-corrected chi connectivity index (χ4v) is 2.54. The van der Waals surface area contributed by atoms with Gasteiger partial charge in [0.05, 0.1) is 12.7 Å². The number of aromatic nitrogens is 2. The Morgan fingerprint density at radius 3 is 2.50 bits per heavy atom. The number of carbonyl (C=O) groups is 2. The Bertz CT molecular complexity index is 932. The van der Waals surface area contributed by atoms with Crippen LogP contribution in [0.15, 0.2) is 42.6 Å². The van der Waals surface area contributed by atoms with E-state index in [1.54, 1.807) is 22.6 Å². The van der Waals surface area contributed by atoms with Crippen LogP contribution in [0.3, 0.4) is 0 Å². The number of halogens is 1. The molecule has 0 aliphatic rings. The van der Waals surface area contributed by atoms with Crippen molar-refractivity contribution in [3.8, 4) is 0 Å². The van der Waals surface area contributed by atoms with E-state index in [0.29, 0.717) is 27.7 Å². The van der Waals surface area contributed by atoms with Crippen LogP contribution >= 0.6 is 11.6 Å². The third-order valence-electron chi connectivity index (χ3n) is 3.47. The summed E-state index contributed by atoms with van der Waals surface area (Å²) in [4.78, 5) is 28.1. The van der Waals surface area contributed by atoms with Crippen molar-refractivity contribution in [2.45, 2.75) is 6.92 Å². The number of rotatable bonds is 3. The molecule has 24 heavy (non-hydrogen) atoms. The molecule has 0 saturated heterocycles. The first-order valence-electron chi connectivity index (χ1n) is 7.13. The number of aryl methyl sites for hydroxylation is 1. The maximum atomic E-state index is 12.3. The maximum Gasteiger partial charge on any atom is 0.337 e. The third kappa shape index (κ3) is 3.09. The zero-order valence-corrected chi connectivity index (χ0v) is 13.8. The van der Waals surface area contributed by atoms with Crippen LogP contribution in [0.2, 0.25) is 5.15 Å². The Morgan fingerprint density at radius 1 is 1.17 bits per heavy atom. The van der Waals surface area contributed by atoms with E-state index in [9.17, 15) is 9.59 Å². The molecule has 0 radical (unpaired) electrons. The van der Waals surface area contributed by atoms with Gasteiger partial charge in [-0.2, -0.15) is 0 Å². The van der Waals surface area contributed by atoms with E-state index >= 15 is 0 Å². The summed E-state index contributed by atoms with van der Waals surface area (Å²) in [5, 5.41) is 3.15. The number of hydrogen-bond donors (Lipinski definition) is 1. The van der Waals surface area contributed by atoms with Crippen LogP contribution in [0.25, 0.3) is 5.65 Å². The first kappa shape index (κ1) is 16.0. The standard InChI is InChI=1S/C17H14ClN3O3/c1-10-7-15-19-14(8-13(18)21(15)9-10)20-16(22)11-3-5-12(6-4-11)17(23)24-2/h3-9H,1-2H3,(H,19,20,22). The van der Waals surface area contributed by atoms with Crippen molar-refractivity contribution < 1.29 is 14.3 Å². The van der Waals surface area contributed by atoms with Gasteiger partial charge in [0.15, 0.2) is 0 Å². The van der Waals surface area contributed by atoms with E-state index in [1.807, 2.05) is 19.2 Å². The molecule has 1 amide bonds. The minimum atomic E-state index is -0.454. The third-order valence-corrected chi connectivity index (χ3v) is 3.76. The number of amides is 1. The van der Waals surface area contributed by atoms with E-state index in [0.717, 1.165) is 5.56 Å². The van der Waals surface area contributed by atoms with Crippen molar-refractivity contribution >= 4 is 34.9 Å². The predicted molar refractivity (Wildman–Crippen MR) is 90.7 cm³/mol. The molecule has 0 aliphatic heterocycles. The number of methoxy groups -OCH3 is 1. The van der Waals surface area contributed by atoms with Gasteiger partial charge in [0, 0.05) is 17.8 Å². The zero-order chi connectivity index (χ0) is 17.3. The average Bonchev–Trinajstić information content (AvgIpc) is 2.95. The van der Waals surface area contributed by atoms with Crippen molar-refractivity contribution in [3.63, 3.8) is 0 Å². The van der Waals surface area contributed by atoms with Crippen molar-refractivity contribution in [1.29, 1.82) is 0 Å². The van der Waals surface area contributed by atoms with E-state index in [1.165, 1.54) is 19.2 Å². The summed E-state index contributed by atoms with van der Waals surface area (Å²) in [5.74, 6) is -0.445. The number of hydrogen-bond acceptors (Lipinski definition) is 4. The van der Waals surface area contributed by atoms with Gasteiger partial charge in [-0.05, 0) is 42.8 Å². The molecular weight excluding hydrogens is 330 g/mol. The lowest BCUT2D eigenvalue weighted by molar-refractivity contribution is 0.0600. The van der Waals surface area contributed by atoms with E-state index in [-0.39, 0.29) is 5.91 Å². The van der Waals surface area contributed by atoms with Crippen LogP contribution in [0.1, 0.15) is 26.3 Å². The minimum Gasteiger partial charge on any atom is -0.465 e. The molecule has 2 aromatic heterocycles. The molecule has 0 atom stereocenters. The Balaban J connectivity index is 1.83. The van der Waals surface area contributed by atoms with Crippen LogP contribution in [-0.4, -0.2) is 28.4 Å². The first-order chi connectivity index (χ1) is 11.5. The maximum absolute atomic E-state index is 12.3. The molecule has 6 nitrogen and oxygen atoms in total. The number of anilines is 1. The van der Waals surface area contributed by atoms with Gasteiger partial charge >= 0.3 is 5.97 Å². The van der Waals surface area contributed by atoms with Gasteiger partial charge in [-0.1, -0.05) is 11.6 Å². The van der Waals surface area contributed by atoms with Gasteiger partial charge in [-0.15, -0.1) is 0 Å². The summed E-state index contributed by atoms with van der Waals surface area (Å²) in [6, 6.07) is 9.59. The number of nitrogens with one attached hydrogen (secondary N) is 1. The minimum absolute atomic E-state index is 0.345. The Morgan fingerprint density at radius 2 is 1.83 bits per heavy atom. The molecule has 0 spiro atoms. The smallest absolute Gasteiger partial charge is 0.337 e. The summed E-state index contributed by atoms with van der Waals surface area (Å²) in [5.41, 5.74) is 2.44. The summed E-state index contributed by atoms with van der Waals surface area (Å²) in [6.07, 6.45) is 1.86. The fraction of sp³-hybridized carbons (Fsp3) is 0.118. The quantitative estimate of drug-likeness (QED) is 0.584. The SMILES string of the molecule is COC(=O)c1ccc(C(=O)Nc2cc(Cl)n3cc(C)cc3n2)cc1. The molecule has 0 unspecified atom stereocenters. The molecule has 3 rings (SSSR count). The van der Waals surface area contributed by atoms with Crippen molar-refractivity contribution in [2.24, 2.45) is 0 Å². The topological polar surface area (TPSA) is 72.7 Å². The Kier molecular flexibility index (Phi) is 4.22.